The van der Waals surface area contributed by atoms with Crippen molar-refractivity contribution in [3.05, 3.63) is 23.9 Å². The van der Waals surface area contributed by atoms with Crippen LogP contribution in [-0.4, -0.2) is 5.71 Å². The predicted molar refractivity (Wildman–Crippen MR) is 54.4 cm³/mol. The summed E-state index contributed by atoms with van der Waals surface area (Å²) in [5, 5.41) is 0. The lowest BCUT2D eigenvalue weighted by molar-refractivity contribution is 0.611. The summed E-state index contributed by atoms with van der Waals surface area (Å²) in [5.74, 6) is 0. The van der Waals surface area contributed by atoms with Crippen LogP contribution in [0.15, 0.2) is 28.9 Å². The van der Waals surface area contributed by atoms with Crippen LogP contribution in [-0.2, 0) is 0 Å². The van der Waals surface area contributed by atoms with Gasteiger partial charge in [0, 0.05) is 11.1 Å². The molecule has 1 aliphatic heterocycles. The highest BCUT2D eigenvalue weighted by atomic mass is 14.8. The largest absolute Gasteiger partial charge is 0.257 e. The standard InChI is InChI=1S/C11H17N/c1-6-9-10(7-2)12-8(3)11(9,4)5/h7H,2,6H2,1,3-5H3. The topological polar surface area (TPSA) is 12.4 Å². The maximum absolute atomic E-state index is 4.49. The monoisotopic (exact) mass is 163 g/mol. The van der Waals surface area contributed by atoms with Crippen LogP contribution in [0, 0.1) is 5.41 Å². The summed E-state index contributed by atoms with van der Waals surface area (Å²) in [6.07, 6.45) is 2.92. The molecule has 66 valence electrons. The van der Waals surface area contributed by atoms with Crippen molar-refractivity contribution < 1.29 is 0 Å². The Labute approximate surface area is 74.9 Å². The van der Waals surface area contributed by atoms with Crippen LogP contribution in [0.2, 0.25) is 0 Å². The Bertz CT molecular complexity index is 267. The Hall–Kier alpha value is -0.850. The molecule has 0 saturated carbocycles. The minimum Gasteiger partial charge on any atom is -0.257 e. The summed E-state index contributed by atoms with van der Waals surface area (Å²) in [6, 6.07) is 0. The Morgan fingerprint density at radius 3 is 2.42 bits per heavy atom. The van der Waals surface area contributed by atoms with Gasteiger partial charge < -0.3 is 0 Å². The zero-order chi connectivity index (χ0) is 9.35. The van der Waals surface area contributed by atoms with Gasteiger partial charge in [-0.2, -0.15) is 0 Å². The lowest BCUT2D eigenvalue weighted by Gasteiger charge is -2.22. The van der Waals surface area contributed by atoms with E-state index in [9.17, 15) is 0 Å². The van der Waals surface area contributed by atoms with Gasteiger partial charge in [0.2, 0.25) is 0 Å². The van der Waals surface area contributed by atoms with E-state index in [-0.39, 0.29) is 5.41 Å². The molecular formula is C11H17N. The summed E-state index contributed by atoms with van der Waals surface area (Å²) in [7, 11) is 0. The molecule has 0 aromatic rings. The number of hydrogen-bond acceptors (Lipinski definition) is 1. The zero-order valence-electron chi connectivity index (χ0n) is 8.44. The van der Waals surface area contributed by atoms with E-state index in [0.29, 0.717) is 0 Å². The molecule has 12 heavy (non-hydrogen) atoms. The van der Waals surface area contributed by atoms with Crippen molar-refractivity contribution in [3.8, 4) is 0 Å². The van der Waals surface area contributed by atoms with Crippen molar-refractivity contribution in [2.45, 2.75) is 34.1 Å². The molecule has 1 heteroatoms. The van der Waals surface area contributed by atoms with Gasteiger partial charge in [0.15, 0.2) is 0 Å². The minimum absolute atomic E-state index is 0.151. The minimum atomic E-state index is 0.151. The van der Waals surface area contributed by atoms with Gasteiger partial charge >= 0.3 is 0 Å². The van der Waals surface area contributed by atoms with E-state index in [4.69, 9.17) is 0 Å². The van der Waals surface area contributed by atoms with Gasteiger partial charge in [-0.3, -0.25) is 4.99 Å². The van der Waals surface area contributed by atoms with Gasteiger partial charge in [-0.1, -0.05) is 27.4 Å². The highest BCUT2D eigenvalue weighted by molar-refractivity contribution is 5.94. The third-order valence-electron chi connectivity index (χ3n) is 2.80. The predicted octanol–water partition coefficient (Wildman–Crippen LogP) is 3.34. The second-order valence-corrected chi connectivity index (χ2v) is 3.74. The number of aliphatic imine (C=N–C) groups is 1. The SMILES string of the molecule is C=CC1=C(CC)C(C)(C)C(C)=N1. The number of rotatable bonds is 2. The van der Waals surface area contributed by atoms with E-state index in [1.165, 1.54) is 11.3 Å². The van der Waals surface area contributed by atoms with Crippen molar-refractivity contribution in [1.82, 2.24) is 0 Å². The van der Waals surface area contributed by atoms with Gasteiger partial charge in [-0.05, 0) is 25.0 Å². The van der Waals surface area contributed by atoms with Crippen molar-refractivity contribution >= 4 is 5.71 Å². The lowest BCUT2D eigenvalue weighted by atomic mass is 9.80. The van der Waals surface area contributed by atoms with Crippen molar-refractivity contribution in [1.29, 1.82) is 0 Å². The first-order valence-corrected chi connectivity index (χ1v) is 4.45. The fraction of sp³-hybridized carbons (Fsp3) is 0.545. The highest BCUT2D eigenvalue weighted by Gasteiger charge is 2.32. The van der Waals surface area contributed by atoms with Crippen LogP contribution in [0.4, 0.5) is 0 Å². The average molecular weight is 163 g/mol. The molecule has 0 bridgehead atoms. The summed E-state index contributed by atoms with van der Waals surface area (Å²) >= 11 is 0. The van der Waals surface area contributed by atoms with E-state index >= 15 is 0 Å². The quantitative estimate of drug-likeness (QED) is 0.592. The number of hydrogen-bond donors (Lipinski definition) is 0. The van der Waals surface area contributed by atoms with E-state index in [1.807, 2.05) is 6.08 Å². The van der Waals surface area contributed by atoms with Gasteiger partial charge in [-0.25, -0.2) is 0 Å². The van der Waals surface area contributed by atoms with Crippen molar-refractivity contribution in [2.24, 2.45) is 10.4 Å². The maximum atomic E-state index is 4.49. The van der Waals surface area contributed by atoms with Crippen LogP contribution in [0.3, 0.4) is 0 Å². The molecule has 0 unspecified atom stereocenters. The van der Waals surface area contributed by atoms with Crippen molar-refractivity contribution in [2.75, 3.05) is 0 Å². The normalized spacial score (nSPS) is 21.2. The van der Waals surface area contributed by atoms with E-state index in [1.54, 1.807) is 0 Å². The Balaban J connectivity index is 3.17. The van der Waals surface area contributed by atoms with Crippen LogP contribution in [0.25, 0.3) is 0 Å². The Kier molecular flexibility index (Phi) is 2.22. The summed E-state index contributed by atoms with van der Waals surface area (Å²) in [4.78, 5) is 4.49. The second-order valence-electron chi connectivity index (χ2n) is 3.74. The molecule has 1 aliphatic rings. The van der Waals surface area contributed by atoms with E-state index in [2.05, 4.69) is 39.3 Å². The van der Waals surface area contributed by atoms with Gasteiger partial charge in [0.1, 0.15) is 0 Å². The van der Waals surface area contributed by atoms with Gasteiger partial charge in [0.05, 0.1) is 5.70 Å². The molecule has 0 aliphatic carbocycles. The first-order chi connectivity index (χ1) is 5.54. The lowest BCUT2D eigenvalue weighted by Crippen LogP contribution is -2.20. The summed E-state index contributed by atoms with van der Waals surface area (Å²) < 4.78 is 0. The first-order valence-electron chi connectivity index (χ1n) is 4.45. The molecule has 0 saturated heterocycles. The molecule has 1 heterocycles. The zero-order valence-corrected chi connectivity index (χ0v) is 8.44. The molecule has 1 rings (SSSR count). The number of allylic oxidation sites excluding steroid dienone is 2. The van der Waals surface area contributed by atoms with E-state index in [0.717, 1.165) is 12.1 Å². The van der Waals surface area contributed by atoms with Crippen LogP contribution in [0.1, 0.15) is 34.1 Å². The summed E-state index contributed by atoms with van der Waals surface area (Å²) in [6.45, 7) is 12.5. The fourth-order valence-corrected chi connectivity index (χ4v) is 1.72. The van der Waals surface area contributed by atoms with Gasteiger partial charge in [-0.15, -0.1) is 0 Å². The van der Waals surface area contributed by atoms with Crippen LogP contribution >= 0.6 is 0 Å². The molecule has 1 nitrogen and oxygen atoms in total. The second kappa shape index (κ2) is 2.89. The third-order valence-corrected chi connectivity index (χ3v) is 2.80. The Morgan fingerprint density at radius 2 is 2.08 bits per heavy atom. The van der Waals surface area contributed by atoms with Crippen LogP contribution in [0.5, 0.6) is 0 Å². The smallest absolute Gasteiger partial charge is 0.0624 e. The molecular weight excluding hydrogens is 146 g/mol. The third kappa shape index (κ3) is 1.13. The molecule has 0 radical (unpaired) electrons. The fourth-order valence-electron chi connectivity index (χ4n) is 1.72. The molecule has 0 spiro atoms. The van der Waals surface area contributed by atoms with E-state index < -0.39 is 0 Å². The van der Waals surface area contributed by atoms with Crippen LogP contribution < -0.4 is 0 Å². The Morgan fingerprint density at radius 1 is 1.50 bits per heavy atom. The molecule has 0 N–H and O–H groups in total. The summed E-state index contributed by atoms with van der Waals surface area (Å²) in [5.41, 5.74) is 3.85. The molecule has 0 atom stereocenters. The molecule has 0 aromatic heterocycles. The van der Waals surface area contributed by atoms with Gasteiger partial charge in [0.25, 0.3) is 0 Å². The molecule has 0 aromatic carbocycles. The highest BCUT2D eigenvalue weighted by Crippen LogP contribution is 2.38. The first kappa shape index (κ1) is 9.24. The average Bonchev–Trinajstić information content (AvgIpc) is 2.23. The maximum Gasteiger partial charge on any atom is 0.0624 e. The van der Waals surface area contributed by atoms with Crippen molar-refractivity contribution in [3.63, 3.8) is 0 Å². The number of nitrogens with zero attached hydrogens (tertiary/aromatic N) is 1. The molecule has 0 fully saturated rings. The molecule has 0 amide bonds.